The molecule has 0 spiro atoms. The van der Waals surface area contributed by atoms with Crippen LogP contribution < -0.4 is 21.2 Å². The first-order valence-corrected chi connectivity index (χ1v) is 10.1. The monoisotopic (exact) mass is 423 g/mol. The molecule has 0 aliphatic heterocycles. The minimum absolute atomic E-state index is 0.00110. The Kier molecular flexibility index (Phi) is 6.92. The van der Waals surface area contributed by atoms with Gasteiger partial charge in [0.1, 0.15) is 6.54 Å². The molecule has 30 heavy (non-hydrogen) atoms. The van der Waals surface area contributed by atoms with Gasteiger partial charge in [0.2, 0.25) is 17.2 Å². The first kappa shape index (κ1) is 21.2. The van der Waals surface area contributed by atoms with Gasteiger partial charge in [-0.25, -0.2) is 0 Å². The molecule has 0 unspecified atom stereocenters. The first-order chi connectivity index (χ1) is 14.5. The van der Waals surface area contributed by atoms with E-state index in [4.69, 9.17) is 10.5 Å². The average molecular weight is 423 g/mol. The molecule has 0 radical (unpaired) electrons. The predicted molar refractivity (Wildman–Crippen MR) is 117 cm³/mol. The molecule has 0 bridgehead atoms. The minimum atomic E-state index is -0.534. The summed E-state index contributed by atoms with van der Waals surface area (Å²) in [4.78, 5) is 37.0. The van der Waals surface area contributed by atoms with Crippen LogP contribution in [0.4, 0.5) is 5.69 Å². The smallest absolute Gasteiger partial charge is 0.248 e. The fraction of sp³-hybridized carbons (Fsp3) is 0.136. The number of methoxy groups -OCH3 is 1. The zero-order chi connectivity index (χ0) is 21.5. The van der Waals surface area contributed by atoms with Gasteiger partial charge in [-0.1, -0.05) is 18.2 Å². The number of anilines is 1. The van der Waals surface area contributed by atoms with Crippen molar-refractivity contribution >= 4 is 29.3 Å². The van der Waals surface area contributed by atoms with Crippen LogP contribution in [0.25, 0.3) is 0 Å². The molecule has 1 heterocycles. The van der Waals surface area contributed by atoms with E-state index >= 15 is 0 Å². The van der Waals surface area contributed by atoms with Crippen molar-refractivity contribution in [3.63, 3.8) is 0 Å². The third-order valence-corrected chi connectivity index (χ3v) is 5.35. The summed E-state index contributed by atoms with van der Waals surface area (Å²) in [6.45, 7) is -0.00110. The molecule has 0 aliphatic rings. The molecule has 0 aliphatic carbocycles. The highest BCUT2D eigenvalue weighted by molar-refractivity contribution is 7.98. The standard InChI is InChI=1S/C22H21N3O4S/c1-29-20-12-25(13-21(27)24-16-9-7-15(8-10-16)22(23)28)17(11-19(20)26)14-30-18-5-3-2-4-6-18/h2-12H,13-14H2,1H3,(H2,23,28)(H,24,27). The zero-order valence-electron chi connectivity index (χ0n) is 16.3. The molecule has 0 fully saturated rings. The molecule has 0 atom stereocenters. The lowest BCUT2D eigenvalue weighted by Gasteiger charge is -2.15. The lowest BCUT2D eigenvalue weighted by molar-refractivity contribution is -0.116. The summed E-state index contributed by atoms with van der Waals surface area (Å²) in [5.41, 5.74) is 6.59. The summed E-state index contributed by atoms with van der Waals surface area (Å²) >= 11 is 1.57. The number of amides is 2. The maximum Gasteiger partial charge on any atom is 0.248 e. The van der Waals surface area contributed by atoms with Crippen LogP contribution in [0.3, 0.4) is 0 Å². The van der Waals surface area contributed by atoms with Gasteiger partial charge in [-0.15, -0.1) is 11.8 Å². The summed E-state index contributed by atoms with van der Waals surface area (Å²) < 4.78 is 6.82. The number of ether oxygens (including phenoxy) is 1. The SMILES string of the molecule is COc1cn(CC(=O)Nc2ccc(C(N)=O)cc2)c(CSc2ccccc2)cc1=O. The van der Waals surface area contributed by atoms with Gasteiger partial charge in [-0.2, -0.15) is 0 Å². The van der Waals surface area contributed by atoms with E-state index in [9.17, 15) is 14.4 Å². The quantitative estimate of drug-likeness (QED) is 0.542. The molecule has 154 valence electrons. The van der Waals surface area contributed by atoms with Crippen molar-refractivity contribution in [2.24, 2.45) is 5.73 Å². The largest absolute Gasteiger partial charge is 0.491 e. The second kappa shape index (κ2) is 9.80. The van der Waals surface area contributed by atoms with Gasteiger partial charge in [0.05, 0.1) is 13.3 Å². The van der Waals surface area contributed by atoms with Crippen LogP contribution in [0, 0.1) is 0 Å². The Morgan fingerprint density at radius 3 is 2.43 bits per heavy atom. The van der Waals surface area contributed by atoms with Crippen molar-refractivity contribution in [3.8, 4) is 5.75 Å². The summed E-state index contributed by atoms with van der Waals surface area (Å²) in [5, 5.41) is 2.77. The van der Waals surface area contributed by atoms with Gasteiger partial charge >= 0.3 is 0 Å². The number of hydrogen-bond donors (Lipinski definition) is 2. The van der Waals surface area contributed by atoms with Crippen molar-refractivity contribution < 1.29 is 14.3 Å². The summed E-state index contributed by atoms with van der Waals surface area (Å²) in [5.74, 6) is -0.126. The van der Waals surface area contributed by atoms with E-state index in [1.807, 2.05) is 30.3 Å². The van der Waals surface area contributed by atoms with Crippen LogP contribution >= 0.6 is 11.8 Å². The normalized spacial score (nSPS) is 10.4. The highest BCUT2D eigenvalue weighted by Gasteiger charge is 2.12. The van der Waals surface area contributed by atoms with E-state index in [2.05, 4.69) is 5.32 Å². The van der Waals surface area contributed by atoms with Gasteiger partial charge in [0.15, 0.2) is 5.75 Å². The number of nitrogens with zero attached hydrogens (tertiary/aromatic N) is 1. The van der Waals surface area contributed by atoms with E-state index in [-0.39, 0.29) is 23.6 Å². The number of nitrogens with one attached hydrogen (secondary N) is 1. The number of aromatic nitrogens is 1. The fourth-order valence-corrected chi connectivity index (χ4v) is 3.68. The Labute approximate surface area is 177 Å². The van der Waals surface area contributed by atoms with Crippen molar-refractivity contribution in [3.05, 3.63) is 88.3 Å². The predicted octanol–water partition coefficient (Wildman–Crippen LogP) is 2.89. The van der Waals surface area contributed by atoms with Gasteiger partial charge < -0.3 is 20.4 Å². The molecular formula is C22H21N3O4S. The summed E-state index contributed by atoms with van der Waals surface area (Å²) in [6.07, 6.45) is 1.54. The zero-order valence-corrected chi connectivity index (χ0v) is 17.1. The van der Waals surface area contributed by atoms with E-state index in [1.165, 1.54) is 13.2 Å². The molecule has 1 aromatic heterocycles. The van der Waals surface area contributed by atoms with Gasteiger partial charge in [0, 0.05) is 33.7 Å². The minimum Gasteiger partial charge on any atom is -0.491 e. The second-order valence-corrected chi connectivity index (χ2v) is 7.47. The molecular weight excluding hydrogens is 402 g/mol. The number of nitrogens with two attached hydrogens (primary N) is 1. The van der Waals surface area contributed by atoms with Crippen molar-refractivity contribution in [1.29, 1.82) is 0 Å². The van der Waals surface area contributed by atoms with Crippen molar-refractivity contribution in [2.45, 2.75) is 17.2 Å². The number of carbonyl (C=O) groups excluding carboxylic acids is 2. The highest BCUT2D eigenvalue weighted by atomic mass is 32.2. The number of primary amides is 1. The molecule has 3 N–H and O–H groups in total. The van der Waals surface area contributed by atoms with Gasteiger partial charge in [-0.3, -0.25) is 14.4 Å². The fourth-order valence-electron chi connectivity index (χ4n) is 2.77. The summed E-state index contributed by atoms with van der Waals surface area (Å²) in [7, 11) is 1.42. The summed E-state index contributed by atoms with van der Waals surface area (Å²) in [6, 6.07) is 17.6. The third kappa shape index (κ3) is 5.51. The Bertz CT molecular complexity index is 1100. The molecule has 0 saturated heterocycles. The molecule has 2 aromatic carbocycles. The lowest BCUT2D eigenvalue weighted by Crippen LogP contribution is -2.22. The highest BCUT2D eigenvalue weighted by Crippen LogP contribution is 2.22. The van der Waals surface area contributed by atoms with Crippen molar-refractivity contribution in [2.75, 3.05) is 12.4 Å². The second-order valence-electron chi connectivity index (χ2n) is 6.42. The third-order valence-electron chi connectivity index (χ3n) is 4.30. The van der Waals surface area contributed by atoms with Gasteiger partial charge in [-0.05, 0) is 36.4 Å². The molecule has 0 saturated carbocycles. The van der Waals surface area contributed by atoms with Gasteiger partial charge in [0.25, 0.3) is 0 Å². The Balaban J connectivity index is 1.76. The number of hydrogen-bond acceptors (Lipinski definition) is 5. The molecule has 7 nitrogen and oxygen atoms in total. The number of pyridine rings is 1. The molecule has 3 aromatic rings. The van der Waals surface area contributed by atoms with E-state index in [1.54, 1.807) is 46.8 Å². The average Bonchev–Trinajstić information content (AvgIpc) is 2.74. The molecule has 8 heteroatoms. The van der Waals surface area contributed by atoms with Crippen LogP contribution in [0.1, 0.15) is 16.1 Å². The number of carbonyl (C=O) groups is 2. The van der Waals surface area contributed by atoms with Crippen molar-refractivity contribution in [1.82, 2.24) is 4.57 Å². The van der Waals surface area contributed by atoms with Crippen LogP contribution in [-0.4, -0.2) is 23.5 Å². The Morgan fingerprint density at radius 1 is 1.10 bits per heavy atom. The Morgan fingerprint density at radius 2 is 1.80 bits per heavy atom. The topological polar surface area (TPSA) is 103 Å². The van der Waals surface area contributed by atoms with E-state index < -0.39 is 5.91 Å². The Hall–Kier alpha value is -3.52. The van der Waals surface area contributed by atoms with Crippen LogP contribution in [0.2, 0.25) is 0 Å². The number of thioether (sulfide) groups is 1. The lowest BCUT2D eigenvalue weighted by atomic mass is 10.2. The van der Waals surface area contributed by atoms with E-state index in [0.717, 1.165) is 4.90 Å². The maximum atomic E-state index is 12.6. The van der Waals surface area contributed by atoms with Crippen LogP contribution in [-0.2, 0) is 17.1 Å². The van der Waals surface area contributed by atoms with Crippen LogP contribution in [0.15, 0.2) is 76.6 Å². The maximum absolute atomic E-state index is 12.6. The first-order valence-electron chi connectivity index (χ1n) is 9.11. The number of rotatable bonds is 8. The van der Waals surface area contributed by atoms with E-state index in [0.29, 0.717) is 22.7 Å². The molecule has 2 amide bonds. The number of benzene rings is 2. The van der Waals surface area contributed by atoms with Crippen LogP contribution in [0.5, 0.6) is 5.75 Å². The molecule has 3 rings (SSSR count).